The third kappa shape index (κ3) is 2.40. The average Bonchev–Trinajstić information content (AvgIpc) is 2.74. The molecule has 0 aliphatic carbocycles. The predicted octanol–water partition coefficient (Wildman–Crippen LogP) is 2.58. The highest BCUT2D eigenvalue weighted by molar-refractivity contribution is 7.16. The first-order valence-corrected chi connectivity index (χ1v) is 6.17. The van der Waals surface area contributed by atoms with Crippen molar-refractivity contribution in [1.29, 1.82) is 0 Å². The van der Waals surface area contributed by atoms with E-state index in [1.54, 1.807) is 23.5 Å². The third-order valence-electron chi connectivity index (χ3n) is 2.42. The van der Waals surface area contributed by atoms with Crippen LogP contribution < -0.4 is 11.1 Å². The number of nitrogens with one attached hydrogen (secondary N) is 1. The van der Waals surface area contributed by atoms with Crippen LogP contribution >= 0.6 is 11.3 Å². The molecule has 1 heterocycles. The Morgan fingerprint density at radius 3 is 2.53 bits per heavy atom. The van der Waals surface area contributed by atoms with Gasteiger partial charge in [0.15, 0.2) is 5.13 Å². The molecule has 90 valence electrons. The van der Waals surface area contributed by atoms with Gasteiger partial charge >= 0.3 is 0 Å². The van der Waals surface area contributed by atoms with E-state index in [1.807, 2.05) is 26.1 Å². The number of hydrogen-bond donors (Lipinski definition) is 3. The second-order valence-electron chi connectivity index (χ2n) is 3.82. The number of aromatic hydroxyl groups is 1. The molecule has 0 radical (unpaired) electrons. The largest absolute Gasteiger partial charge is 0.508 e. The summed E-state index contributed by atoms with van der Waals surface area (Å²) in [7, 11) is 1.84. The van der Waals surface area contributed by atoms with E-state index in [2.05, 4.69) is 10.3 Å². The second kappa shape index (κ2) is 4.73. The van der Waals surface area contributed by atoms with E-state index in [4.69, 9.17) is 5.73 Å². The lowest BCUT2D eigenvalue weighted by Crippen LogP contribution is -2.04. The van der Waals surface area contributed by atoms with E-state index >= 15 is 0 Å². The number of nitrogens with two attached hydrogens (primary N) is 1. The molecular weight excluding hydrogens is 234 g/mol. The highest BCUT2D eigenvalue weighted by Crippen LogP contribution is 2.34. The van der Waals surface area contributed by atoms with Crippen LogP contribution in [-0.2, 0) is 0 Å². The summed E-state index contributed by atoms with van der Waals surface area (Å²) in [5.41, 5.74) is 7.79. The first kappa shape index (κ1) is 11.9. The number of rotatable bonds is 3. The lowest BCUT2D eigenvalue weighted by molar-refractivity contribution is 0.475. The van der Waals surface area contributed by atoms with Crippen molar-refractivity contribution in [3.8, 4) is 17.0 Å². The summed E-state index contributed by atoms with van der Waals surface area (Å²) in [5.74, 6) is 0.250. The molecule has 0 spiro atoms. The monoisotopic (exact) mass is 249 g/mol. The minimum atomic E-state index is -0.0570. The maximum absolute atomic E-state index is 9.28. The zero-order chi connectivity index (χ0) is 12.4. The van der Waals surface area contributed by atoms with E-state index < -0.39 is 0 Å². The highest BCUT2D eigenvalue weighted by atomic mass is 32.1. The number of nitrogens with zero attached hydrogens (tertiary/aromatic N) is 1. The molecule has 0 saturated heterocycles. The molecule has 5 heteroatoms. The quantitative estimate of drug-likeness (QED) is 0.782. The lowest BCUT2D eigenvalue weighted by Gasteiger charge is -2.05. The number of phenols is 1. The molecule has 0 amide bonds. The van der Waals surface area contributed by atoms with Gasteiger partial charge < -0.3 is 16.2 Å². The molecule has 2 aromatic rings. The normalized spacial score (nSPS) is 12.4. The maximum atomic E-state index is 9.28. The summed E-state index contributed by atoms with van der Waals surface area (Å²) in [6, 6.07) is 6.93. The van der Waals surface area contributed by atoms with E-state index in [1.165, 1.54) is 0 Å². The van der Waals surface area contributed by atoms with Crippen LogP contribution in [0.5, 0.6) is 5.75 Å². The molecule has 0 bridgehead atoms. The Balaban J connectivity index is 2.49. The van der Waals surface area contributed by atoms with Crippen LogP contribution in [0, 0.1) is 0 Å². The molecule has 1 aromatic carbocycles. The first-order valence-electron chi connectivity index (χ1n) is 5.35. The summed E-state index contributed by atoms with van der Waals surface area (Å²) < 4.78 is 0. The maximum Gasteiger partial charge on any atom is 0.183 e. The van der Waals surface area contributed by atoms with Gasteiger partial charge in [0.2, 0.25) is 0 Å². The van der Waals surface area contributed by atoms with Gasteiger partial charge in [0.05, 0.1) is 10.6 Å². The van der Waals surface area contributed by atoms with Crippen LogP contribution in [0.4, 0.5) is 5.13 Å². The van der Waals surface area contributed by atoms with Crippen molar-refractivity contribution in [2.24, 2.45) is 5.73 Å². The number of aromatic nitrogens is 1. The number of thiazole rings is 1. The predicted molar refractivity (Wildman–Crippen MR) is 71.4 cm³/mol. The van der Waals surface area contributed by atoms with Crippen molar-refractivity contribution >= 4 is 16.5 Å². The molecule has 4 nitrogen and oxygen atoms in total. The van der Waals surface area contributed by atoms with Crippen molar-refractivity contribution in [3.05, 3.63) is 29.1 Å². The van der Waals surface area contributed by atoms with Crippen molar-refractivity contribution in [1.82, 2.24) is 4.98 Å². The number of anilines is 1. The Morgan fingerprint density at radius 2 is 2.00 bits per heavy atom. The molecule has 2 rings (SSSR count). The van der Waals surface area contributed by atoms with Crippen LogP contribution in [0.3, 0.4) is 0 Å². The smallest absolute Gasteiger partial charge is 0.183 e. The van der Waals surface area contributed by atoms with Gasteiger partial charge in [-0.3, -0.25) is 0 Å². The first-order chi connectivity index (χ1) is 8.11. The Kier molecular flexibility index (Phi) is 3.31. The molecule has 1 aromatic heterocycles. The van der Waals surface area contributed by atoms with Gasteiger partial charge in [0, 0.05) is 18.7 Å². The van der Waals surface area contributed by atoms with Crippen molar-refractivity contribution in [2.75, 3.05) is 12.4 Å². The fourth-order valence-corrected chi connectivity index (χ4v) is 2.47. The minimum Gasteiger partial charge on any atom is -0.508 e. The molecule has 17 heavy (non-hydrogen) atoms. The number of benzene rings is 1. The van der Waals surface area contributed by atoms with Crippen LogP contribution in [0.25, 0.3) is 11.3 Å². The zero-order valence-corrected chi connectivity index (χ0v) is 10.6. The molecule has 0 aliphatic heterocycles. The summed E-state index contributed by atoms with van der Waals surface area (Å²) in [6.45, 7) is 1.94. The Hall–Kier alpha value is -1.59. The summed E-state index contributed by atoms with van der Waals surface area (Å²) in [4.78, 5) is 5.54. The van der Waals surface area contributed by atoms with Gasteiger partial charge in [-0.05, 0) is 31.2 Å². The standard InChI is InChI=1S/C12H15N3OS/c1-7(13)11-10(15-12(14-2)17-11)8-3-5-9(16)6-4-8/h3-7,16H,13H2,1-2H3,(H,14,15). The molecule has 0 saturated carbocycles. The van der Waals surface area contributed by atoms with Crippen LogP contribution in [0.2, 0.25) is 0 Å². The summed E-state index contributed by atoms with van der Waals surface area (Å²) in [6.07, 6.45) is 0. The van der Waals surface area contributed by atoms with E-state index in [0.717, 1.165) is 21.3 Å². The van der Waals surface area contributed by atoms with Crippen molar-refractivity contribution in [3.63, 3.8) is 0 Å². The molecule has 0 fully saturated rings. The number of hydrogen-bond acceptors (Lipinski definition) is 5. The second-order valence-corrected chi connectivity index (χ2v) is 4.85. The Morgan fingerprint density at radius 1 is 1.35 bits per heavy atom. The average molecular weight is 249 g/mol. The van der Waals surface area contributed by atoms with Crippen LogP contribution in [0.15, 0.2) is 24.3 Å². The van der Waals surface area contributed by atoms with Gasteiger partial charge in [-0.25, -0.2) is 4.98 Å². The molecule has 1 unspecified atom stereocenters. The molecular formula is C12H15N3OS. The minimum absolute atomic E-state index is 0.0570. The SMILES string of the molecule is CNc1nc(-c2ccc(O)cc2)c(C(C)N)s1. The van der Waals surface area contributed by atoms with Gasteiger partial charge in [-0.2, -0.15) is 0 Å². The van der Waals surface area contributed by atoms with Crippen LogP contribution in [-0.4, -0.2) is 17.1 Å². The van der Waals surface area contributed by atoms with Gasteiger partial charge in [-0.1, -0.05) is 11.3 Å². The summed E-state index contributed by atoms with van der Waals surface area (Å²) >= 11 is 1.56. The molecule has 1 atom stereocenters. The highest BCUT2D eigenvalue weighted by Gasteiger charge is 2.15. The number of phenolic OH excluding ortho intramolecular Hbond substituents is 1. The van der Waals surface area contributed by atoms with Crippen LogP contribution in [0.1, 0.15) is 17.8 Å². The topological polar surface area (TPSA) is 71.2 Å². The van der Waals surface area contributed by atoms with Gasteiger partial charge in [0.1, 0.15) is 5.75 Å². The van der Waals surface area contributed by atoms with Crippen molar-refractivity contribution in [2.45, 2.75) is 13.0 Å². The molecule has 4 N–H and O–H groups in total. The van der Waals surface area contributed by atoms with Gasteiger partial charge in [-0.15, -0.1) is 0 Å². The fraction of sp³-hybridized carbons (Fsp3) is 0.250. The van der Waals surface area contributed by atoms with Crippen molar-refractivity contribution < 1.29 is 5.11 Å². The van der Waals surface area contributed by atoms with E-state index in [0.29, 0.717) is 0 Å². The zero-order valence-electron chi connectivity index (χ0n) is 9.77. The van der Waals surface area contributed by atoms with E-state index in [9.17, 15) is 5.11 Å². The lowest BCUT2D eigenvalue weighted by atomic mass is 10.1. The third-order valence-corrected chi connectivity index (χ3v) is 3.70. The van der Waals surface area contributed by atoms with E-state index in [-0.39, 0.29) is 11.8 Å². The Bertz CT molecular complexity index is 505. The summed E-state index contributed by atoms with van der Waals surface area (Å²) in [5, 5.41) is 13.2. The Labute approximate surface area is 104 Å². The molecule has 0 aliphatic rings. The van der Waals surface area contributed by atoms with Gasteiger partial charge in [0.25, 0.3) is 0 Å². The fourth-order valence-electron chi connectivity index (χ4n) is 1.57.